The number of hydrogen-bond donors (Lipinski definition) is 2. The van der Waals surface area contributed by atoms with Crippen LogP contribution in [0.1, 0.15) is 0 Å². The van der Waals surface area contributed by atoms with E-state index < -0.39 is 12.1 Å². The highest BCUT2D eigenvalue weighted by Gasteiger charge is 2.25. The molecule has 0 heterocycles. The first kappa shape index (κ1) is 18.0. The molecule has 0 aliphatic carbocycles. The van der Waals surface area contributed by atoms with Crippen molar-refractivity contribution in [3.8, 4) is 0 Å². The van der Waals surface area contributed by atoms with E-state index in [9.17, 15) is 10.2 Å². The topological polar surface area (TPSA) is 40.5 Å². The molecule has 0 aromatic heterocycles. The number of hydrogen-bond acceptors (Lipinski definition) is 4. The Kier molecular flexibility index (Phi) is 6.52. The van der Waals surface area contributed by atoms with E-state index in [1.165, 1.54) is 0 Å². The molecule has 2 nitrogen and oxygen atoms in total. The third kappa shape index (κ3) is 4.14. The van der Waals surface area contributed by atoms with Gasteiger partial charge in [0.05, 0.1) is 12.7 Å². The fourth-order valence-electron chi connectivity index (χ4n) is 2.29. The quantitative estimate of drug-likeness (QED) is 0.735. The van der Waals surface area contributed by atoms with Gasteiger partial charge in [0, 0.05) is 12.1 Å². The van der Waals surface area contributed by atoms with Gasteiger partial charge in [0.15, 0.2) is 0 Å². The molecule has 6 heteroatoms. The van der Waals surface area contributed by atoms with Gasteiger partial charge in [0.25, 0.3) is 0 Å². The molecule has 2 atom stereocenters. The highest BCUT2D eigenvalue weighted by atomic mass is 32.4. The van der Waals surface area contributed by atoms with Crippen LogP contribution in [0.3, 0.4) is 0 Å². The number of aliphatic hydroxyl groups excluding tert-OH is 2. The number of benzene rings is 2. The molecule has 0 spiro atoms. The highest BCUT2D eigenvalue weighted by molar-refractivity contribution is 8.20. The summed E-state index contributed by atoms with van der Waals surface area (Å²) in [5.74, 6) is 0. The Hall–Kier alpha value is -0.340. The van der Waals surface area contributed by atoms with Crippen LogP contribution in [0, 0.1) is 0 Å². The molecule has 0 saturated heterocycles. The summed E-state index contributed by atoms with van der Waals surface area (Å²) in [6.07, 6.45) is 1.38. The van der Waals surface area contributed by atoms with Gasteiger partial charge in [-0.05, 0) is 22.9 Å². The summed E-state index contributed by atoms with van der Waals surface area (Å²) in [5.41, 5.74) is 0. The molecule has 0 aliphatic heterocycles. The summed E-state index contributed by atoms with van der Waals surface area (Å²) in [5, 5.41) is 21.8. The fraction of sp³-hybridized carbons (Fsp3) is 0.250. The van der Waals surface area contributed by atoms with Crippen LogP contribution in [0.25, 0.3) is 0 Å². The maximum absolute atomic E-state index is 9.84. The number of rotatable bonds is 7. The van der Waals surface area contributed by atoms with E-state index in [-0.39, 0.29) is 12.7 Å². The predicted molar refractivity (Wildman–Crippen MR) is 105 cm³/mol. The van der Waals surface area contributed by atoms with Gasteiger partial charge in [-0.3, -0.25) is 0 Å². The first-order valence-corrected chi connectivity index (χ1v) is 13.4. The average molecular weight is 370 g/mol. The maximum Gasteiger partial charge on any atom is 0.0756 e. The molecule has 0 radical (unpaired) electrons. The summed E-state index contributed by atoms with van der Waals surface area (Å²) in [4.78, 5) is 0. The predicted octanol–water partition coefficient (Wildman–Crippen LogP) is 2.50. The monoisotopic (exact) mass is 370 g/mol. The molecule has 0 aliphatic rings. The van der Waals surface area contributed by atoms with E-state index in [2.05, 4.69) is 0 Å². The van der Waals surface area contributed by atoms with Gasteiger partial charge in [-0.2, -0.15) is 0 Å². The normalized spacial score (nSPS) is 16.6. The van der Waals surface area contributed by atoms with Gasteiger partial charge in [0.2, 0.25) is 0 Å². The van der Waals surface area contributed by atoms with Crippen molar-refractivity contribution < 1.29 is 10.2 Å². The van der Waals surface area contributed by atoms with Crippen molar-refractivity contribution >= 4 is 46.3 Å². The van der Waals surface area contributed by atoms with Crippen molar-refractivity contribution in [2.45, 2.75) is 0 Å². The second-order valence-electron chi connectivity index (χ2n) is 5.18. The lowest BCUT2D eigenvalue weighted by Gasteiger charge is -2.25. The molecule has 22 heavy (non-hydrogen) atoms. The Balaban J connectivity index is 2.23. The SMILES string of the molecule is OCP(=S)(CCP(=S)(CO)c1ccccc1)c1ccccc1. The largest absolute Gasteiger partial charge is 0.391 e. The minimum absolute atomic E-state index is 0.00188. The molecule has 0 amide bonds. The van der Waals surface area contributed by atoms with Crippen molar-refractivity contribution in [3.05, 3.63) is 60.7 Å². The van der Waals surface area contributed by atoms with Crippen LogP contribution in [-0.2, 0) is 23.6 Å². The zero-order chi connectivity index (χ0) is 16.1. The summed E-state index contributed by atoms with van der Waals surface area (Å²) >= 11 is 11.6. The van der Waals surface area contributed by atoms with E-state index in [0.29, 0.717) is 12.3 Å². The summed E-state index contributed by atoms with van der Waals surface area (Å²) in [6.45, 7) is 0. The molecule has 2 rings (SSSR count). The molecular weight excluding hydrogens is 350 g/mol. The zero-order valence-electron chi connectivity index (χ0n) is 12.2. The zero-order valence-corrected chi connectivity index (χ0v) is 15.6. The maximum atomic E-state index is 9.84. The Morgan fingerprint density at radius 2 is 0.955 bits per heavy atom. The molecule has 2 unspecified atom stereocenters. The van der Waals surface area contributed by atoms with Crippen LogP contribution in [0.15, 0.2) is 60.7 Å². The minimum Gasteiger partial charge on any atom is -0.391 e. The molecular formula is C16H20O2P2S2. The highest BCUT2D eigenvalue weighted by Crippen LogP contribution is 2.51. The van der Waals surface area contributed by atoms with Crippen molar-refractivity contribution in [1.29, 1.82) is 0 Å². The molecule has 2 aromatic rings. The summed E-state index contributed by atoms with van der Waals surface area (Å²) < 4.78 is 0. The van der Waals surface area contributed by atoms with E-state index in [1.54, 1.807) is 0 Å². The van der Waals surface area contributed by atoms with Crippen LogP contribution in [-0.4, -0.2) is 35.2 Å². The third-order valence-corrected chi connectivity index (χ3v) is 12.4. The molecule has 0 bridgehead atoms. The van der Waals surface area contributed by atoms with Crippen LogP contribution in [0.5, 0.6) is 0 Å². The Morgan fingerprint density at radius 3 is 1.23 bits per heavy atom. The average Bonchev–Trinajstić information content (AvgIpc) is 2.61. The van der Waals surface area contributed by atoms with Crippen LogP contribution in [0.4, 0.5) is 0 Å². The van der Waals surface area contributed by atoms with Gasteiger partial charge in [0.1, 0.15) is 0 Å². The van der Waals surface area contributed by atoms with Crippen molar-refractivity contribution in [1.82, 2.24) is 0 Å². The first-order valence-electron chi connectivity index (χ1n) is 7.03. The van der Waals surface area contributed by atoms with Crippen LogP contribution >= 0.6 is 12.1 Å². The Bertz CT molecular complexity index is 628. The van der Waals surface area contributed by atoms with E-state index in [4.69, 9.17) is 23.6 Å². The second-order valence-corrected chi connectivity index (χ2v) is 15.4. The Labute approximate surface area is 142 Å². The van der Waals surface area contributed by atoms with Gasteiger partial charge in [-0.1, -0.05) is 84.3 Å². The summed E-state index contributed by atoms with van der Waals surface area (Å²) in [7, 11) is 0. The Morgan fingerprint density at radius 1 is 0.636 bits per heavy atom. The lowest BCUT2D eigenvalue weighted by atomic mass is 10.4. The third-order valence-electron chi connectivity index (χ3n) is 3.73. The van der Waals surface area contributed by atoms with Gasteiger partial charge < -0.3 is 10.2 Å². The molecule has 0 saturated carbocycles. The fourth-order valence-corrected chi connectivity index (χ4v) is 9.63. The van der Waals surface area contributed by atoms with E-state index in [0.717, 1.165) is 10.6 Å². The molecule has 118 valence electrons. The smallest absolute Gasteiger partial charge is 0.0756 e. The van der Waals surface area contributed by atoms with Crippen molar-refractivity contribution in [3.63, 3.8) is 0 Å². The molecule has 0 fully saturated rings. The second kappa shape index (κ2) is 7.97. The van der Waals surface area contributed by atoms with Crippen LogP contribution < -0.4 is 10.6 Å². The lowest BCUT2D eigenvalue weighted by molar-refractivity contribution is 0.369. The van der Waals surface area contributed by atoms with E-state index in [1.807, 2.05) is 60.7 Å². The van der Waals surface area contributed by atoms with Gasteiger partial charge >= 0.3 is 0 Å². The van der Waals surface area contributed by atoms with E-state index >= 15 is 0 Å². The standard InChI is InChI=1S/C16H20O2P2S2/c17-13-19(21,15-7-3-1-4-8-15)11-12-20(22,14-18)16-9-5-2-6-10-16/h1-10,17-18H,11-14H2. The van der Waals surface area contributed by atoms with Crippen molar-refractivity contribution in [2.75, 3.05) is 25.0 Å². The first-order chi connectivity index (χ1) is 10.5. The molecule has 2 aromatic carbocycles. The minimum atomic E-state index is -2.04. The number of aliphatic hydroxyl groups is 2. The lowest BCUT2D eigenvalue weighted by Crippen LogP contribution is -2.17. The van der Waals surface area contributed by atoms with Gasteiger partial charge in [-0.25, -0.2) is 0 Å². The summed E-state index contributed by atoms with van der Waals surface area (Å²) in [6, 6.07) is 15.6. The van der Waals surface area contributed by atoms with Crippen LogP contribution in [0.2, 0.25) is 0 Å². The van der Waals surface area contributed by atoms with Gasteiger partial charge in [-0.15, -0.1) is 0 Å². The molecule has 2 N–H and O–H groups in total. The van der Waals surface area contributed by atoms with Crippen molar-refractivity contribution in [2.24, 2.45) is 0 Å².